The van der Waals surface area contributed by atoms with Crippen LogP contribution in [0, 0.1) is 0 Å². The minimum absolute atomic E-state index is 0.490. The van der Waals surface area contributed by atoms with Gasteiger partial charge in [-0.15, -0.1) is 0 Å². The number of nitrogens with zero attached hydrogens (tertiary/aromatic N) is 2. The number of para-hydroxylation sites is 1. The second-order valence-electron chi connectivity index (χ2n) is 3.82. The van der Waals surface area contributed by atoms with Gasteiger partial charge in [0.05, 0.1) is 11.0 Å². The fraction of sp³-hybridized carbons (Fsp3) is 0.0769. The number of benzene rings is 1. The molecule has 4 nitrogen and oxygen atoms in total. The Bertz CT molecular complexity index is 643. The number of aromatic nitrogens is 3. The Morgan fingerprint density at radius 3 is 2.82 bits per heavy atom. The summed E-state index contributed by atoms with van der Waals surface area (Å²) in [5.41, 5.74) is 9.50. The van der Waals surface area contributed by atoms with Crippen LogP contribution in [0.1, 0.15) is 5.56 Å². The van der Waals surface area contributed by atoms with Crippen LogP contribution in [-0.4, -0.2) is 15.0 Å². The number of rotatable bonds is 2. The molecule has 0 saturated heterocycles. The Morgan fingerprint density at radius 1 is 1.12 bits per heavy atom. The van der Waals surface area contributed by atoms with Gasteiger partial charge >= 0.3 is 0 Å². The Hall–Kier alpha value is -2.20. The van der Waals surface area contributed by atoms with Crippen LogP contribution in [-0.2, 0) is 6.54 Å². The number of hydrogen-bond acceptors (Lipinski definition) is 3. The van der Waals surface area contributed by atoms with E-state index in [0.29, 0.717) is 6.54 Å². The predicted octanol–water partition coefficient (Wildman–Crippen LogP) is 2.08. The Balaban J connectivity index is 2.20. The van der Waals surface area contributed by atoms with E-state index in [1.807, 2.05) is 36.4 Å². The van der Waals surface area contributed by atoms with Crippen LogP contribution in [0.2, 0.25) is 0 Å². The van der Waals surface area contributed by atoms with E-state index in [2.05, 4.69) is 15.0 Å². The van der Waals surface area contributed by atoms with Crippen molar-refractivity contribution in [2.75, 3.05) is 0 Å². The average molecular weight is 224 g/mol. The Morgan fingerprint density at radius 2 is 2.06 bits per heavy atom. The Labute approximate surface area is 98.5 Å². The molecule has 84 valence electrons. The highest BCUT2D eigenvalue weighted by Crippen LogP contribution is 2.20. The minimum atomic E-state index is 0.490. The first-order chi connectivity index (χ1) is 8.38. The molecule has 3 aromatic rings. The molecule has 0 bridgehead atoms. The fourth-order valence-electron chi connectivity index (χ4n) is 1.88. The largest absolute Gasteiger partial charge is 0.337 e. The second-order valence-corrected chi connectivity index (χ2v) is 3.82. The van der Waals surface area contributed by atoms with Crippen molar-refractivity contribution in [3.63, 3.8) is 0 Å². The first-order valence-corrected chi connectivity index (χ1v) is 5.47. The molecule has 0 atom stereocenters. The Kier molecular flexibility index (Phi) is 2.34. The maximum atomic E-state index is 5.69. The lowest BCUT2D eigenvalue weighted by molar-refractivity contribution is 1.08. The zero-order valence-corrected chi connectivity index (χ0v) is 9.22. The number of nitrogens with two attached hydrogens (primary N) is 1. The SMILES string of the molecule is NCc1cccc2[nH]c(-c3ccccn3)nc12. The molecule has 0 unspecified atom stereocenters. The highest BCUT2D eigenvalue weighted by Gasteiger charge is 2.08. The van der Waals surface area contributed by atoms with Crippen molar-refractivity contribution in [3.05, 3.63) is 48.2 Å². The summed E-state index contributed by atoms with van der Waals surface area (Å²) >= 11 is 0. The van der Waals surface area contributed by atoms with Gasteiger partial charge in [0.2, 0.25) is 0 Å². The van der Waals surface area contributed by atoms with Gasteiger partial charge in [-0.25, -0.2) is 4.98 Å². The summed E-state index contributed by atoms with van der Waals surface area (Å²) < 4.78 is 0. The number of H-pyrrole nitrogens is 1. The molecule has 0 aliphatic heterocycles. The van der Waals surface area contributed by atoms with Crippen LogP contribution < -0.4 is 5.73 Å². The van der Waals surface area contributed by atoms with E-state index < -0.39 is 0 Å². The highest BCUT2D eigenvalue weighted by atomic mass is 14.9. The summed E-state index contributed by atoms with van der Waals surface area (Å²) in [7, 11) is 0. The molecule has 2 aromatic heterocycles. The lowest BCUT2D eigenvalue weighted by Crippen LogP contribution is -1.96. The van der Waals surface area contributed by atoms with Crippen molar-refractivity contribution >= 4 is 11.0 Å². The van der Waals surface area contributed by atoms with E-state index in [9.17, 15) is 0 Å². The molecule has 0 aliphatic rings. The maximum Gasteiger partial charge on any atom is 0.157 e. The lowest BCUT2D eigenvalue weighted by atomic mass is 10.2. The number of hydrogen-bond donors (Lipinski definition) is 2. The van der Waals surface area contributed by atoms with E-state index in [1.54, 1.807) is 6.20 Å². The van der Waals surface area contributed by atoms with E-state index in [-0.39, 0.29) is 0 Å². The van der Waals surface area contributed by atoms with Gasteiger partial charge in [0.15, 0.2) is 5.82 Å². The maximum absolute atomic E-state index is 5.69. The standard InChI is InChI=1S/C13H12N4/c14-8-9-4-3-6-10-12(9)17-13(16-10)11-5-1-2-7-15-11/h1-7H,8,14H2,(H,16,17). The molecule has 0 spiro atoms. The molecular formula is C13H12N4. The summed E-state index contributed by atoms with van der Waals surface area (Å²) in [5.74, 6) is 0.779. The molecule has 3 rings (SSSR count). The van der Waals surface area contributed by atoms with Gasteiger partial charge in [-0.2, -0.15) is 0 Å². The van der Waals surface area contributed by atoms with Crippen LogP contribution in [0.15, 0.2) is 42.6 Å². The van der Waals surface area contributed by atoms with Crippen molar-refractivity contribution < 1.29 is 0 Å². The van der Waals surface area contributed by atoms with Crippen LogP contribution in [0.4, 0.5) is 0 Å². The predicted molar refractivity (Wildman–Crippen MR) is 67.2 cm³/mol. The molecule has 1 aromatic carbocycles. The average Bonchev–Trinajstić information content (AvgIpc) is 2.83. The van der Waals surface area contributed by atoms with Crippen LogP contribution in [0.3, 0.4) is 0 Å². The third-order valence-corrected chi connectivity index (χ3v) is 2.72. The van der Waals surface area contributed by atoms with Crippen LogP contribution in [0.25, 0.3) is 22.6 Å². The minimum Gasteiger partial charge on any atom is -0.337 e. The van der Waals surface area contributed by atoms with Crippen molar-refractivity contribution in [1.82, 2.24) is 15.0 Å². The van der Waals surface area contributed by atoms with Crippen LogP contribution >= 0.6 is 0 Å². The summed E-state index contributed by atoms with van der Waals surface area (Å²) in [4.78, 5) is 12.1. The van der Waals surface area contributed by atoms with Crippen molar-refractivity contribution in [3.8, 4) is 11.5 Å². The molecular weight excluding hydrogens is 212 g/mol. The van der Waals surface area contributed by atoms with Gasteiger partial charge < -0.3 is 10.7 Å². The third kappa shape index (κ3) is 1.68. The molecule has 2 heterocycles. The highest BCUT2D eigenvalue weighted by molar-refractivity contribution is 5.81. The second kappa shape index (κ2) is 3.99. The molecule has 0 fully saturated rings. The molecule has 0 amide bonds. The van der Waals surface area contributed by atoms with E-state index >= 15 is 0 Å². The summed E-state index contributed by atoms with van der Waals surface area (Å²) in [6, 6.07) is 11.7. The van der Waals surface area contributed by atoms with Crippen molar-refractivity contribution in [2.45, 2.75) is 6.54 Å². The zero-order valence-electron chi connectivity index (χ0n) is 9.22. The monoisotopic (exact) mass is 224 g/mol. The third-order valence-electron chi connectivity index (χ3n) is 2.72. The molecule has 0 aliphatic carbocycles. The smallest absolute Gasteiger partial charge is 0.157 e. The number of pyridine rings is 1. The van der Waals surface area contributed by atoms with Crippen molar-refractivity contribution in [2.24, 2.45) is 5.73 Å². The summed E-state index contributed by atoms with van der Waals surface area (Å²) in [6.45, 7) is 0.490. The van der Waals surface area contributed by atoms with E-state index in [0.717, 1.165) is 28.1 Å². The zero-order chi connectivity index (χ0) is 11.7. The fourth-order valence-corrected chi connectivity index (χ4v) is 1.88. The van der Waals surface area contributed by atoms with Gasteiger partial charge in [0.1, 0.15) is 5.69 Å². The van der Waals surface area contributed by atoms with Gasteiger partial charge in [-0.3, -0.25) is 4.98 Å². The van der Waals surface area contributed by atoms with E-state index in [4.69, 9.17) is 5.73 Å². The van der Waals surface area contributed by atoms with Gasteiger partial charge in [-0.05, 0) is 23.8 Å². The van der Waals surface area contributed by atoms with Gasteiger partial charge in [-0.1, -0.05) is 18.2 Å². The first kappa shape index (κ1) is 9.99. The molecule has 4 heteroatoms. The quantitative estimate of drug-likeness (QED) is 0.700. The summed E-state index contributed by atoms with van der Waals surface area (Å²) in [5, 5.41) is 0. The summed E-state index contributed by atoms with van der Waals surface area (Å²) in [6.07, 6.45) is 1.76. The topological polar surface area (TPSA) is 67.6 Å². The van der Waals surface area contributed by atoms with Gasteiger partial charge in [0.25, 0.3) is 0 Å². The molecule has 17 heavy (non-hydrogen) atoms. The molecule has 0 radical (unpaired) electrons. The lowest BCUT2D eigenvalue weighted by Gasteiger charge is -1.95. The van der Waals surface area contributed by atoms with Crippen molar-refractivity contribution in [1.29, 1.82) is 0 Å². The van der Waals surface area contributed by atoms with Crippen LogP contribution in [0.5, 0.6) is 0 Å². The normalized spacial score (nSPS) is 10.9. The van der Waals surface area contributed by atoms with E-state index in [1.165, 1.54) is 0 Å². The first-order valence-electron chi connectivity index (χ1n) is 5.47. The number of imidazole rings is 1. The van der Waals surface area contributed by atoms with Gasteiger partial charge in [0, 0.05) is 12.7 Å². The number of nitrogens with one attached hydrogen (secondary N) is 1. The number of aromatic amines is 1. The molecule has 3 N–H and O–H groups in total. The number of fused-ring (bicyclic) bond motifs is 1. The molecule has 0 saturated carbocycles.